The lowest BCUT2D eigenvalue weighted by Gasteiger charge is -2.13. The highest BCUT2D eigenvalue weighted by atomic mass is 19.4. The van der Waals surface area contributed by atoms with E-state index in [0.29, 0.717) is 23.0 Å². The van der Waals surface area contributed by atoms with E-state index in [2.05, 4.69) is 4.98 Å². The van der Waals surface area contributed by atoms with Crippen molar-refractivity contribution in [1.82, 2.24) is 4.98 Å². The number of Topliss-reactive ketones (excluding diaryl/α,β-unsaturated/α-hetero) is 1. The molecule has 8 heteroatoms. The molecule has 0 saturated heterocycles. The zero-order valence-corrected chi connectivity index (χ0v) is 13.8. The number of benzene rings is 2. The molecule has 0 atom stereocenters. The number of halogens is 6. The van der Waals surface area contributed by atoms with Crippen LogP contribution in [-0.4, -0.2) is 16.9 Å². The van der Waals surface area contributed by atoms with Crippen LogP contribution in [0.25, 0.3) is 16.5 Å². The van der Waals surface area contributed by atoms with Crippen molar-refractivity contribution >= 4 is 22.3 Å². The Labute approximate surface area is 154 Å². The van der Waals surface area contributed by atoms with Gasteiger partial charge in [0.05, 0.1) is 11.1 Å². The fraction of sp³-hybridized carbons (Fsp3) is 0.100. The number of allylic oxidation sites excluding steroid dienone is 1. The number of pyridine rings is 1. The van der Waals surface area contributed by atoms with Crippen molar-refractivity contribution in [1.29, 1.82) is 0 Å². The van der Waals surface area contributed by atoms with Gasteiger partial charge in [-0.1, -0.05) is 30.3 Å². The molecule has 0 amide bonds. The fourth-order valence-electron chi connectivity index (χ4n) is 3.34. The molecule has 1 aliphatic carbocycles. The summed E-state index contributed by atoms with van der Waals surface area (Å²) in [5, 5.41) is 0.322. The van der Waals surface area contributed by atoms with Crippen LogP contribution in [0.2, 0.25) is 0 Å². The van der Waals surface area contributed by atoms with Crippen LogP contribution in [0.15, 0.2) is 60.3 Å². The van der Waals surface area contributed by atoms with Gasteiger partial charge in [-0.25, -0.2) is 0 Å². The Morgan fingerprint density at radius 3 is 2.04 bits per heavy atom. The third kappa shape index (κ3) is 2.76. The van der Waals surface area contributed by atoms with Gasteiger partial charge in [-0.05, 0) is 23.8 Å². The van der Waals surface area contributed by atoms with Crippen molar-refractivity contribution in [3.63, 3.8) is 0 Å². The number of hydrogen-bond donors (Lipinski definition) is 0. The minimum atomic E-state index is -4.98. The molecule has 0 aliphatic heterocycles. The quantitative estimate of drug-likeness (QED) is 0.488. The normalized spacial score (nSPS) is 14.7. The molecule has 4 rings (SSSR count). The molecule has 1 aromatic heterocycles. The second kappa shape index (κ2) is 5.92. The largest absolute Gasteiger partial charge is 0.420 e. The maximum Gasteiger partial charge on any atom is 0.420 e. The summed E-state index contributed by atoms with van der Waals surface area (Å²) in [6, 6.07) is 9.62. The molecular formula is C20H9F6NO. The van der Waals surface area contributed by atoms with Crippen LogP contribution in [0, 0.1) is 0 Å². The van der Waals surface area contributed by atoms with E-state index in [1.165, 1.54) is 6.07 Å². The first-order valence-electron chi connectivity index (χ1n) is 8.01. The predicted octanol–water partition coefficient (Wildman–Crippen LogP) is 5.81. The first-order valence-corrected chi connectivity index (χ1v) is 8.01. The highest BCUT2D eigenvalue weighted by Gasteiger charge is 2.47. The van der Waals surface area contributed by atoms with Gasteiger partial charge < -0.3 is 0 Å². The number of aromatic nitrogens is 1. The monoisotopic (exact) mass is 393 g/mol. The van der Waals surface area contributed by atoms with E-state index < -0.39 is 34.8 Å². The maximum absolute atomic E-state index is 13.7. The first-order chi connectivity index (χ1) is 13.1. The van der Waals surface area contributed by atoms with E-state index >= 15 is 0 Å². The molecule has 1 aliphatic rings. The molecule has 0 bridgehead atoms. The number of hydrogen-bond acceptors (Lipinski definition) is 2. The first kappa shape index (κ1) is 18.2. The molecule has 28 heavy (non-hydrogen) atoms. The van der Waals surface area contributed by atoms with Gasteiger partial charge in [0.25, 0.3) is 0 Å². The molecule has 0 radical (unpaired) electrons. The smallest absolute Gasteiger partial charge is 0.289 e. The van der Waals surface area contributed by atoms with E-state index in [4.69, 9.17) is 0 Å². The molecule has 2 aromatic carbocycles. The van der Waals surface area contributed by atoms with Crippen LogP contribution in [0.4, 0.5) is 26.3 Å². The number of ketones is 1. The van der Waals surface area contributed by atoms with Crippen LogP contribution in [-0.2, 0) is 6.18 Å². The fourth-order valence-corrected chi connectivity index (χ4v) is 3.34. The Kier molecular flexibility index (Phi) is 3.85. The lowest BCUT2D eigenvalue weighted by Crippen LogP contribution is -2.18. The van der Waals surface area contributed by atoms with Gasteiger partial charge >= 0.3 is 12.4 Å². The number of alkyl halides is 6. The molecule has 0 N–H and O–H groups in total. The van der Waals surface area contributed by atoms with Crippen molar-refractivity contribution in [3.8, 4) is 0 Å². The highest BCUT2D eigenvalue weighted by Crippen LogP contribution is 2.46. The summed E-state index contributed by atoms with van der Waals surface area (Å²) in [5.41, 5.74) is -2.76. The molecule has 0 fully saturated rings. The summed E-state index contributed by atoms with van der Waals surface area (Å²) in [5.74, 6) is -1.24. The van der Waals surface area contributed by atoms with Gasteiger partial charge in [-0.2, -0.15) is 26.3 Å². The zero-order valence-electron chi connectivity index (χ0n) is 13.8. The van der Waals surface area contributed by atoms with Crippen molar-refractivity contribution < 1.29 is 31.1 Å². The highest BCUT2D eigenvalue weighted by molar-refractivity contribution is 6.26. The lowest BCUT2D eigenvalue weighted by atomic mass is 9.94. The average Bonchev–Trinajstić information content (AvgIpc) is 2.94. The molecular weight excluding hydrogens is 384 g/mol. The van der Waals surface area contributed by atoms with Crippen LogP contribution in [0.1, 0.15) is 27.0 Å². The van der Waals surface area contributed by atoms with Gasteiger partial charge in [0, 0.05) is 28.3 Å². The maximum atomic E-state index is 13.7. The number of fused-ring (bicyclic) bond motifs is 3. The molecule has 0 saturated carbocycles. The topological polar surface area (TPSA) is 30.0 Å². The van der Waals surface area contributed by atoms with E-state index in [9.17, 15) is 31.1 Å². The Morgan fingerprint density at radius 1 is 0.786 bits per heavy atom. The molecule has 0 unspecified atom stereocenters. The summed E-state index contributed by atoms with van der Waals surface area (Å²) in [6.07, 6.45) is -8.53. The van der Waals surface area contributed by atoms with E-state index in [0.717, 1.165) is 18.3 Å². The lowest BCUT2D eigenvalue weighted by molar-refractivity contribution is -0.137. The second-order valence-corrected chi connectivity index (χ2v) is 6.22. The predicted molar refractivity (Wildman–Crippen MR) is 89.6 cm³/mol. The van der Waals surface area contributed by atoms with Crippen molar-refractivity contribution in [2.24, 2.45) is 0 Å². The zero-order chi connectivity index (χ0) is 20.3. The Hall–Kier alpha value is -3.16. The van der Waals surface area contributed by atoms with Gasteiger partial charge in [-0.3, -0.25) is 9.78 Å². The van der Waals surface area contributed by atoms with E-state index in [-0.39, 0.29) is 16.7 Å². The SMILES string of the molecule is O=C1C(C(F)(F)F)=C(c2ccc(C(F)(F)F)cc2)c2c1cnc1ccccc21. The van der Waals surface area contributed by atoms with Crippen molar-refractivity contribution in [2.45, 2.75) is 12.4 Å². The molecule has 2 nitrogen and oxygen atoms in total. The third-order valence-electron chi connectivity index (χ3n) is 4.53. The van der Waals surface area contributed by atoms with E-state index in [1.807, 2.05) is 0 Å². The standard InChI is InChI=1S/C20H9F6NO/c21-19(22,23)11-7-5-10(6-8-11)15-16-12-3-1-2-4-14(12)27-9-13(16)18(28)17(15)20(24,25)26/h1-9H. The summed E-state index contributed by atoms with van der Waals surface area (Å²) in [6.45, 7) is 0. The average molecular weight is 393 g/mol. The number of carbonyl (C=O) groups excluding carboxylic acids is 1. The third-order valence-corrected chi connectivity index (χ3v) is 4.53. The Bertz CT molecular complexity index is 1140. The van der Waals surface area contributed by atoms with Crippen LogP contribution < -0.4 is 0 Å². The van der Waals surface area contributed by atoms with Gasteiger partial charge in [0.2, 0.25) is 5.78 Å². The van der Waals surface area contributed by atoms with Crippen LogP contribution >= 0.6 is 0 Å². The van der Waals surface area contributed by atoms with Gasteiger partial charge in [-0.15, -0.1) is 0 Å². The van der Waals surface area contributed by atoms with Crippen molar-refractivity contribution in [2.75, 3.05) is 0 Å². The molecule has 142 valence electrons. The van der Waals surface area contributed by atoms with Crippen LogP contribution in [0.3, 0.4) is 0 Å². The summed E-state index contributed by atoms with van der Waals surface area (Å²) in [4.78, 5) is 16.5. The Balaban J connectivity index is 2.04. The molecule has 0 spiro atoms. The summed E-state index contributed by atoms with van der Waals surface area (Å²) in [7, 11) is 0. The number of para-hydroxylation sites is 1. The molecule has 1 heterocycles. The van der Waals surface area contributed by atoms with Gasteiger partial charge in [0.15, 0.2) is 0 Å². The number of rotatable bonds is 1. The van der Waals surface area contributed by atoms with Crippen LogP contribution in [0.5, 0.6) is 0 Å². The van der Waals surface area contributed by atoms with E-state index in [1.54, 1.807) is 18.2 Å². The Morgan fingerprint density at radius 2 is 1.43 bits per heavy atom. The summed E-state index contributed by atoms with van der Waals surface area (Å²) < 4.78 is 79.6. The van der Waals surface area contributed by atoms with Gasteiger partial charge in [0.1, 0.15) is 5.57 Å². The second-order valence-electron chi connectivity index (χ2n) is 6.22. The van der Waals surface area contributed by atoms with Crippen molar-refractivity contribution in [3.05, 3.63) is 82.6 Å². The minimum Gasteiger partial charge on any atom is -0.289 e. The number of nitrogens with zero attached hydrogens (tertiary/aromatic N) is 1. The molecule has 3 aromatic rings. The minimum absolute atomic E-state index is 0.0303. The number of carbonyl (C=O) groups is 1. The summed E-state index contributed by atoms with van der Waals surface area (Å²) >= 11 is 0.